The summed E-state index contributed by atoms with van der Waals surface area (Å²) in [6.07, 6.45) is 1.56. The predicted octanol–water partition coefficient (Wildman–Crippen LogP) is 3.41. The fourth-order valence-corrected chi connectivity index (χ4v) is 3.29. The minimum Gasteiger partial charge on any atom is -0.399 e. The Hall–Kier alpha value is -3.65. The molecule has 8 heteroatoms. The summed E-state index contributed by atoms with van der Waals surface area (Å²) in [7, 11) is 0. The molecule has 134 valence electrons. The number of aromatic nitrogens is 3. The summed E-state index contributed by atoms with van der Waals surface area (Å²) >= 11 is 1.62. The van der Waals surface area contributed by atoms with Crippen LogP contribution in [0.25, 0.3) is 16.1 Å². The molecule has 0 spiro atoms. The van der Waals surface area contributed by atoms with Gasteiger partial charge in [0, 0.05) is 10.6 Å². The minimum atomic E-state index is -0.383. The molecular weight excluding hydrogens is 360 g/mol. The van der Waals surface area contributed by atoms with Gasteiger partial charge in [-0.3, -0.25) is 4.79 Å². The lowest BCUT2D eigenvalue weighted by Crippen LogP contribution is -2.13. The molecule has 0 aliphatic rings. The van der Waals surface area contributed by atoms with Crippen LogP contribution in [0, 0.1) is 0 Å². The second-order valence-corrected chi connectivity index (χ2v) is 6.82. The number of nitrogens with zero attached hydrogens (tertiary/aromatic N) is 3. The van der Waals surface area contributed by atoms with Crippen LogP contribution in [0.4, 0.5) is 17.1 Å². The van der Waals surface area contributed by atoms with E-state index >= 15 is 0 Å². The maximum absolute atomic E-state index is 12.6. The molecule has 2 aromatic heterocycles. The first-order valence-electron chi connectivity index (χ1n) is 8.13. The Kier molecular flexibility index (Phi) is 4.31. The molecule has 0 unspecified atom stereocenters. The highest BCUT2D eigenvalue weighted by atomic mass is 32.1. The van der Waals surface area contributed by atoms with Crippen molar-refractivity contribution in [3.63, 3.8) is 0 Å². The molecule has 2 heterocycles. The number of benzene rings is 2. The highest BCUT2D eigenvalue weighted by molar-refractivity contribution is 7.13. The number of nitrogen functional groups attached to an aromatic ring is 2. The van der Waals surface area contributed by atoms with Crippen LogP contribution < -0.4 is 16.8 Å². The van der Waals surface area contributed by atoms with E-state index in [0.29, 0.717) is 17.1 Å². The summed E-state index contributed by atoms with van der Waals surface area (Å²) in [6.45, 7) is 0. The van der Waals surface area contributed by atoms with Crippen molar-refractivity contribution in [2.45, 2.75) is 0 Å². The Morgan fingerprint density at radius 3 is 2.63 bits per heavy atom. The largest absolute Gasteiger partial charge is 0.399 e. The Labute approximate surface area is 159 Å². The van der Waals surface area contributed by atoms with Crippen LogP contribution in [0.2, 0.25) is 0 Å². The van der Waals surface area contributed by atoms with E-state index in [4.69, 9.17) is 11.5 Å². The summed E-state index contributed by atoms with van der Waals surface area (Å²) in [4.78, 5) is 13.7. The number of amides is 1. The third-order valence-electron chi connectivity index (χ3n) is 3.99. The standard InChI is InChI=1S/C19H16N6OS/c20-13-4-6-14(7-5-13)25-11-17(23-24-25)19(26)22-16-10-12(3-8-15(16)21)18-2-1-9-27-18/h1-11H,20-21H2,(H,22,26). The van der Waals surface area contributed by atoms with E-state index in [2.05, 4.69) is 15.6 Å². The molecule has 7 nitrogen and oxygen atoms in total. The Morgan fingerprint density at radius 2 is 1.89 bits per heavy atom. The number of carbonyl (C=O) groups excluding carboxylic acids is 1. The van der Waals surface area contributed by atoms with Gasteiger partial charge in [-0.1, -0.05) is 17.3 Å². The van der Waals surface area contributed by atoms with Crippen LogP contribution in [0.1, 0.15) is 10.5 Å². The smallest absolute Gasteiger partial charge is 0.277 e. The maximum atomic E-state index is 12.6. The monoisotopic (exact) mass is 376 g/mol. The van der Waals surface area contributed by atoms with Crippen LogP contribution in [0.5, 0.6) is 0 Å². The zero-order valence-corrected chi connectivity index (χ0v) is 15.0. The maximum Gasteiger partial charge on any atom is 0.277 e. The SMILES string of the molecule is Nc1ccc(-n2cc(C(=O)Nc3cc(-c4cccs4)ccc3N)nn2)cc1. The first-order valence-corrected chi connectivity index (χ1v) is 9.01. The molecule has 0 saturated carbocycles. The molecule has 0 radical (unpaired) electrons. The molecule has 0 saturated heterocycles. The molecule has 0 atom stereocenters. The molecule has 1 amide bonds. The third kappa shape index (κ3) is 3.51. The van der Waals surface area contributed by atoms with Crippen molar-refractivity contribution >= 4 is 34.3 Å². The van der Waals surface area contributed by atoms with Crippen molar-refractivity contribution in [3.8, 4) is 16.1 Å². The zero-order valence-electron chi connectivity index (χ0n) is 14.2. The normalized spacial score (nSPS) is 10.7. The van der Waals surface area contributed by atoms with Crippen molar-refractivity contribution in [2.24, 2.45) is 0 Å². The van der Waals surface area contributed by atoms with E-state index in [9.17, 15) is 4.79 Å². The van der Waals surface area contributed by atoms with E-state index < -0.39 is 0 Å². The Bertz CT molecular complexity index is 1090. The first-order chi connectivity index (χ1) is 13.1. The van der Waals surface area contributed by atoms with E-state index in [-0.39, 0.29) is 11.6 Å². The average Bonchev–Trinajstić information content (AvgIpc) is 3.36. The minimum absolute atomic E-state index is 0.188. The second-order valence-electron chi connectivity index (χ2n) is 5.87. The number of nitrogens with one attached hydrogen (secondary N) is 1. The lowest BCUT2D eigenvalue weighted by Gasteiger charge is -2.08. The van der Waals surface area contributed by atoms with Crippen LogP contribution in [0.3, 0.4) is 0 Å². The summed E-state index contributed by atoms with van der Waals surface area (Å²) in [6, 6.07) is 16.7. The molecule has 4 aromatic rings. The molecule has 0 aliphatic heterocycles. The number of hydrogen-bond acceptors (Lipinski definition) is 6. The zero-order chi connectivity index (χ0) is 18.8. The molecular formula is C19H16N6OS. The van der Waals surface area contributed by atoms with Crippen molar-refractivity contribution < 1.29 is 4.79 Å². The highest BCUT2D eigenvalue weighted by Gasteiger charge is 2.14. The molecule has 27 heavy (non-hydrogen) atoms. The van der Waals surface area contributed by atoms with Crippen LogP contribution in [-0.2, 0) is 0 Å². The van der Waals surface area contributed by atoms with E-state index in [1.165, 1.54) is 4.68 Å². The van der Waals surface area contributed by atoms with Crippen LogP contribution in [0.15, 0.2) is 66.2 Å². The van der Waals surface area contributed by atoms with E-state index in [1.54, 1.807) is 47.9 Å². The fraction of sp³-hybridized carbons (Fsp3) is 0. The molecule has 0 fully saturated rings. The summed E-state index contributed by atoms with van der Waals surface area (Å²) < 4.78 is 1.51. The third-order valence-corrected chi connectivity index (χ3v) is 4.91. The topological polar surface area (TPSA) is 112 Å². The van der Waals surface area contributed by atoms with E-state index in [0.717, 1.165) is 16.1 Å². The van der Waals surface area contributed by atoms with Gasteiger partial charge in [0.2, 0.25) is 0 Å². The van der Waals surface area contributed by atoms with Crippen molar-refractivity contribution in [1.29, 1.82) is 0 Å². The van der Waals surface area contributed by atoms with Gasteiger partial charge in [0.05, 0.1) is 23.3 Å². The first kappa shape index (κ1) is 16.8. The number of hydrogen-bond donors (Lipinski definition) is 3. The average molecular weight is 376 g/mol. The van der Waals surface area contributed by atoms with Crippen molar-refractivity contribution in [1.82, 2.24) is 15.0 Å². The molecule has 5 N–H and O–H groups in total. The van der Waals surface area contributed by atoms with Gasteiger partial charge in [0.25, 0.3) is 5.91 Å². The summed E-state index contributed by atoms with van der Waals surface area (Å²) in [5.41, 5.74) is 15.3. The fourth-order valence-electron chi connectivity index (χ4n) is 2.57. The second kappa shape index (κ2) is 6.93. The molecule has 2 aromatic carbocycles. The van der Waals surface area contributed by atoms with Gasteiger partial charge in [-0.2, -0.15) is 0 Å². The highest BCUT2D eigenvalue weighted by Crippen LogP contribution is 2.30. The van der Waals surface area contributed by atoms with Gasteiger partial charge in [0.15, 0.2) is 5.69 Å². The van der Waals surface area contributed by atoms with Gasteiger partial charge < -0.3 is 16.8 Å². The lowest BCUT2D eigenvalue weighted by molar-refractivity contribution is 0.102. The quantitative estimate of drug-likeness (QED) is 0.473. The van der Waals surface area contributed by atoms with Crippen molar-refractivity contribution in [3.05, 3.63) is 71.9 Å². The summed E-state index contributed by atoms with van der Waals surface area (Å²) in [5.74, 6) is -0.383. The van der Waals surface area contributed by atoms with Crippen LogP contribution >= 0.6 is 11.3 Å². The van der Waals surface area contributed by atoms with Gasteiger partial charge >= 0.3 is 0 Å². The summed E-state index contributed by atoms with van der Waals surface area (Å²) in [5, 5.41) is 12.7. The predicted molar refractivity (Wildman–Crippen MR) is 108 cm³/mol. The number of thiophene rings is 1. The van der Waals surface area contributed by atoms with E-state index in [1.807, 2.05) is 29.6 Å². The van der Waals surface area contributed by atoms with Gasteiger partial charge in [-0.25, -0.2) is 4.68 Å². The molecule has 0 aliphatic carbocycles. The van der Waals surface area contributed by atoms with Crippen molar-refractivity contribution in [2.75, 3.05) is 16.8 Å². The van der Waals surface area contributed by atoms with Gasteiger partial charge in [0.1, 0.15) is 0 Å². The van der Waals surface area contributed by atoms with Gasteiger partial charge in [-0.15, -0.1) is 16.4 Å². The Morgan fingerprint density at radius 1 is 1.07 bits per heavy atom. The van der Waals surface area contributed by atoms with Crippen LogP contribution in [-0.4, -0.2) is 20.9 Å². The molecule has 4 rings (SSSR count). The number of rotatable bonds is 4. The number of carbonyl (C=O) groups is 1. The Balaban J connectivity index is 1.56. The number of nitrogens with two attached hydrogens (primary N) is 2. The number of anilines is 3. The molecule has 0 bridgehead atoms. The lowest BCUT2D eigenvalue weighted by atomic mass is 10.1. The van der Waals surface area contributed by atoms with Gasteiger partial charge in [-0.05, 0) is 53.4 Å².